The summed E-state index contributed by atoms with van der Waals surface area (Å²) in [6.45, 7) is 9.20. The van der Waals surface area contributed by atoms with Gasteiger partial charge < -0.3 is 37.6 Å². The molecule has 2 unspecified atom stereocenters. The molecule has 256 valence electrons. The number of terminal acetylenes is 1. The number of carbonyl (C=O) groups is 2. The van der Waals surface area contributed by atoms with E-state index in [1.54, 1.807) is 27.8 Å². The number of aromatic nitrogens is 7. The molecular formula is C27H36N8O11P-. The Hall–Kier alpha value is -4.18. The molecule has 0 radical (unpaired) electrons. The van der Waals surface area contributed by atoms with Crippen LogP contribution < -0.4 is 10.2 Å². The van der Waals surface area contributed by atoms with Crippen LogP contribution in [0, 0.1) is 12.3 Å². The molecule has 4 rings (SSSR count). The van der Waals surface area contributed by atoms with E-state index in [1.165, 1.54) is 42.5 Å². The van der Waals surface area contributed by atoms with Crippen molar-refractivity contribution in [3.8, 4) is 12.3 Å². The maximum Gasteiger partial charge on any atom is 0.509 e. The van der Waals surface area contributed by atoms with E-state index in [-0.39, 0.29) is 30.2 Å². The summed E-state index contributed by atoms with van der Waals surface area (Å²) in [7, 11) is -3.40. The van der Waals surface area contributed by atoms with Crippen molar-refractivity contribution in [3.05, 3.63) is 24.5 Å². The Morgan fingerprint density at radius 1 is 1.13 bits per heavy atom. The topological polar surface area (TPSA) is 225 Å². The first kappa shape index (κ1) is 35.7. The van der Waals surface area contributed by atoms with Crippen molar-refractivity contribution in [2.24, 2.45) is 7.05 Å². The van der Waals surface area contributed by atoms with Gasteiger partial charge in [-0.2, -0.15) is 0 Å². The number of imidazole rings is 1. The number of phosphoric acid groups is 1. The lowest BCUT2D eigenvalue weighted by Crippen LogP contribution is -2.41. The maximum atomic E-state index is 13.0. The molecule has 3 aromatic heterocycles. The quantitative estimate of drug-likeness (QED) is 0.174. The lowest BCUT2D eigenvalue weighted by atomic mass is 10.1. The minimum Gasteiger partial charge on any atom is -0.756 e. The molecule has 1 amide bonds. The maximum absolute atomic E-state index is 13.0. The van der Waals surface area contributed by atoms with Crippen molar-refractivity contribution in [1.29, 1.82) is 0 Å². The van der Waals surface area contributed by atoms with Crippen molar-refractivity contribution < 1.29 is 51.8 Å². The van der Waals surface area contributed by atoms with Gasteiger partial charge in [-0.15, -0.1) is 11.5 Å². The third-order valence-corrected chi connectivity index (χ3v) is 7.39. The summed E-state index contributed by atoms with van der Waals surface area (Å²) in [6.07, 6.45) is 1.55. The molecule has 0 aliphatic carbocycles. The minimum absolute atomic E-state index is 0.0196. The Bertz CT molecular complexity index is 1660. The van der Waals surface area contributed by atoms with Gasteiger partial charge in [-0.3, -0.25) is 14.4 Å². The van der Waals surface area contributed by atoms with Crippen LogP contribution in [0.2, 0.25) is 0 Å². The van der Waals surface area contributed by atoms with Crippen LogP contribution in [0.4, 0.5) is 15.4 Å². The number of hydrogen-bond acceptors (Lipinski definition) is 16. The molecule has 0 saturated carbocycles. The van der Waals surface area contributed by atoms with Gasteiger partial charge in [0.15, 0.2) is 35.9 Å². The number of nitrogens with zero attached hydrogens (tertiary/aromatic N) is 7. The first-order valence-electron chi connectivity index (χ1n) is 14.2. The summed E-state index contributed by atoms with van der Waals surface area (Å²) in [4.78, 5) is 50.9. The molecule has 1 N–H and O–H groups in total. The summed E-state index contributed by atoms with van der Waals surface area (Å²) < 4.78 is 54.3. The van der Waals surface area contributed by atoms with Crippen LogP contribution in [0.5, 0.6) is 0 Å². The molecule has 19 nitrogen and oxygen atoms in total. The van der Waals surface area contributed by atoms with Crippen LogP contribution in [0.3, 0.4) is 0 Å². The lowest BCUT2D eigenvalue weighted by molar-refractivity contribution is -0.242. The Labute approximate surface area is 269 Å². The van der Waals surface area contributed by atoms with Crippen LogP contribution >= 0.6 is 7.82 Å². The number of anilines is 1. The van der Waals surface area contributed by atoms with E-state index < -0.39 is 62.4 Å². The first-order chi connectivity index (χ1) is 22.0. The Morgan fingerprint density at radius 3 is 2.51 bits per heavy atom. The predicted octanol–water partition coefficient (Wildman–Crippen LogP) is 2.24. The highest BCUT2D eigenvalue weighted by Gasteiger charge is 2.52. The second kappa shape index (κ2) is 14.3. The number of phosphoric ester groups is 1. The summed E-state index contributed by atoms with van der Waals surface area (Å²) in [5, 5.41) is 10.00. The number of ether oxygens (including phenoxy) is 5. The fraction of sp³-hybridized carbons (Fsp3) is 0.593. The Kier molecular flexibility index (Phi) is 10.8. The summed E-state index contributed by atoms with van der Waals surface area (Å²) in [5.41, 5.74) is -1.07. The number of amides is 1. The molecule has 4 heterocycles. The smallest absolute Gasteiger partial charge is 0.509 e. The van der Waals surface area contributed by atoms with Gasteiger partial charge in [0, 0.05) is 7.05 Å². The third-order valence-electron chi connectivity index (χ3n) is 6.12. The largest absolute Gasteiger partial charge is 0.756 e. The predicted molar refractivity (Wildman–Crippen MR) is 158 cm³/mol. The highest BCUT2D eigenvalue weighted by atomic mass is 31.2. The molecule has 5 atom stereocenters. The Balaban J connectivity index is 1.67. The average Bonchev–Trinajstić information content (AvgIpc) is 3.65. The normalized spacial score (nSPS) is 21.2. The number of hydrogen-bond donors (Lipinski definition) is 1. The van der Waals surface area contributed by atoms with Gasteiger partial charge in [0.05, 0.1) is 36.0 Å². The van der Waals surface area contributed by atoms with Crippen LogP contribution in [0.25, 0.3) is 11.2 Å². The Morgan fingerprint density at radius 2 is 1.87 bits per heavy atom. The van der Waals surface area contributed by atoms with Gasteiger partial charge in [0.2, 0.25) is 0 Å². The lowest BCUT2D eigenvalue weighted by Gasteiger charge is -2.35. The average molecular weight is 680 g/mol. The number of rotatable bonds is 11. The molecule has 47 heavy (non-hydrogen) atoms. The van der Waals surface area contributed by atoms with Crippen molar-refractivity contribution in [1.82, 2.24) is 34.5 Å². The SMILES string of the molecule is C#CCOC(=O)O[C@H]1C(OP(=O)([O-])OC(C)(C)C)[C@@H](COC(C)(C)C)O[C@H]1n1cnc2c(NC(=O)OCc3cnnn3C)ncnc21. The van der Waals surface area contributed by atoms with E-state index in [0.29, 0.717) is 5.69 Å². The molecule has 1 aliphatic heterocycles. The third kappa shape index (κ3) is 9.67. The molecule has 3 aromatic rings. The molecule has 0 bridgehead atoms. The molecule has 1 fully saturated rings. The van der Waals surface area contributed by atoms with E-state index in [4.69, 9.17) is 39.2 Å². The molecule has 1 aliphatic rings. The monoisotopic (exact) mass is 679 g/mol. The first-order valence-corrected chi connectivity index (χ1v) is 15.6. The van der Waals surface area contributed by atoms with E-state index in [2.05, 4.69) is 36.5 Å². The van der Waals surface area contributed by atoms with Gasteiger partial charge in [-0.1, -0.05) is 11.1 Å². The van der Waals surface area contributed by atoms with Gasteiger partial charge in [0.25, 0.3) is 7.82 Å². The number of nitrogens with one attached hydrogen (secondary N) is 1. The second-order valence-corrected chi connectivity index (χ2v) is 13.4. The van der Waals surface area contributed by atoms with E-state index in [9.17, 15) is 19.0 Å². The zero-order valence-electron chi connectivity index (χ0n) is 26.8. The van der Waals surface area contributed by atoms with Gasteiger partial charge >= 0.3 is 12.2 Å². The fourth-order valence-electron chi connectivity index (χ4n) is 4.25. The van der Waals surface area contributed by atoms with Crippen molar-refractivity contribution in [3.63, 3.8) is 0 Å². The van der Waals surface area contributed by atoms with Crippen molar-refractivity contribution in [2.75, 3.05) is 18.5 Å². The minimum atomic E-state index is -5.04. The van der Waals surface area contributed by atoms with Crippen LogP contribution in [-0.2, 0) is 51.0 Å². The van der Waals surface area contributed by atoms with Crippen LogP contribution in [0.15, 0.2) is 18.9 Å². The van der Waals surface area contributed by atoms with Crippen LogP contribution in [0.1, 0.15) is 53.5 Å². The van der Waals surface area contributed by atoms with Crippen molar-refractivity contribution in [2.45, 2.75) is 83.9 Å². The molecule has 1 saturated heterocycles. The zero-order chi connectivity index (χ0) is 34.6. The van der Waals surface area contributed by atoms with Crippen molar-refractivity contribution >= 4 is 37.1 Å². The van der Waals surface area contributed by atoms with Crippen LogP contribution in [-0.4, -0.2) is 89.5 Å². The zero-order valence-corrected chi connectivity index (χ0v) is 27.7. The van der Waals surface area contributed by atoms with Gasteiger partial charge in [-0.05, 0) is 41.5 Å². The van der Waals surface area contributed by atoms with Gasteiger partial charge in [0.1, 0.15) is 25.1 Å². The summed E-state index contributed by atoms with van der Waals surface area (Å²) in [5.74, 6) is 2.12. The molecule has 0 aromatic carbocycles. The van der Waals surface area contributed by atoms with Gasteiger partial charge in [-0.25, -0.2) is 29.2 Å². The van der Waals surface area contributed by atoms with E-state index >= 15 is 0 Å². The molecule has 20 heteroatoms. The summed E-state index contributed by atoms with van der Waals surface area (Å²) >= 11 is 0. The molecule has 0 spiro atoms. The van der Waals surface area contributed by atoms with E-state index in [0.717, 1.165) is 6.33 Å². The number of aryl methyl sites for hydroxylation is 1. The summed E-state index contributed by atoms with van der Waals surface area (Å²) in [6, 6.07) is 0. The molecular weight excluding hydrogens is 643 g/mol. The fourth-order valence-corrected chi connectivity index (χ4v) is 5.51. The number of fused-ring (bicyclic) bond motifs is 1. The highest BCUT2D eigenvalue weighted by Crippen LogP contribution is 2.49. The highest BCUT2D eigenvalue weighted by molar-refractivity contribution is 7.45. The van der Waals surface area contributed by atoms with E-state index in [1.807, 2.05) is 0 Å². The second-order valence-electron chi connectivity index (χ2n) is 12.1. The number of carbonyl (C=O) groups excluding carboxylic acids is 2. The standard InChI is InChI=1S/C27H37N8O11P/c1-9-10-40-25(37)44-20-19(45-47(38,39)46-27(5,6)7)17(13-42-26(2,3)4)43-23(20)35-15-30-18-21(28-14-29-22(18)35)32-24(36)41-12-16-11-31-33-34(16)8/h1,11,14-15,17,19-20,23H,10,12-13H2,2-8H3,(H,38,39)(H,28,29,32,36)/p-1/t17-,19?,20+,23-/m1/s1.